The van der Waals surface area contributed by atoms with Gasteiger partial charge in [-0.05, 0) is 29.0 Å². The van der Waals surface area contributed by atoms with E-state index in [4.69, 9.17) is 10.5 Å². The number of carbonyl (C=O) groups excluding carboxylic acids is 1. The topological polar surface area (TPSA) is 109 Å². The Labute approximate surface area is 109 Å². The van der Waals surface area contributed by atoms with E-state index in [0.717, 1.165) is 6.42 Å². The number of rotatable bonds is 5. The summed E-state index contributed by atoms with van der Waals surface area (Å²) in [4.78, 5) is 15.6. The smallest absolute Gasteiger partial charge is 0.327 e. The number of nitrogens with zero attached hydrogens (tertiary/aromatic N) is 5. The van der Waals surface area contributed by atoms with Gasteiger partial charge in [0.2, 0.25) is 5.82 Å². The molecule has 0 saturated heterocycles. The number of anilines is 1. The summed E-state index contributed by atoms with van der Waals surface area (Å²) in [6.45, 7) is 2.25. The van der Waals surface area contributed by atoms with Crippen molar-refractivity contribution >= 4 is 11.8 Å². The van der Waals surface area contributed by atoms with Crippen LogP contribution in [0.25, 0.3) is 11.5 Å². The molecule has 0 fully saturated rings. The van der Waals surface area contributed by atoms with Crippen LogP contribution in [0.15, 0.2) is 18.2 Å². The number of pyridine rings is 1. The molecule has 100 valence electrons. The van der Waals surface area contributed by atoms with Crippen molar-refractivity contribution in [2.45, 2.75) is 19.9 Å². The van der Waals surface area contributed by atoms with Crippen molar-refractivity contribution in [3.05, 3.63) is 18.2 Å². The Morgan fingerprint density at radius 1 is 1.47 bits per heavy atom. The summed E-state index contributed by atoms with van der Waals surface area (Å²) in [5.74, 6) is 0.348. The number of hydrogen-bond acceptors (Lipinski definition) is 7. The van der Waals surface area contributed by atoms with E-state index in [9.17, 15) is 4.79 Å². The zero-order valence-electron chi connectivity index (χ0n) is 10.5. The van der Waals surface area contributed by atoms with Gasteiger partial charge in [-0.15, -0.1) is 5.10 Å². The Balaban J connectivity index is 2.16. The van der Waals surface area contributed by atoms with Crippen LogP contribution in [0, 0.1) is 0 Å². The molecule has 2 aromatic rings. The molecule has 2 N–H and O–H groups in total. The third-order valence-electron chi connectivity index (χ3n) is 2.28. The Bertz CT molecular complexity index is 568. The van der Waals surface area contributed by atoms with Gasteiger partial charge in [0.25, 0.3) is 0 Å². The van der Waals surface area contributed by atoms with Crippen LogP contribution >= 0.6 is 0 Å². The van der Waals surface area contributed by atoms with Crippen LogP contribution in [0.1, 0.15) is 13.3 Å². The molecule has 0 aliphatic heterocycles. The number of tetrazole rings is 1. The Hall–Kier alpha value is -2.51. The fourth-order valence-electron chi connectivity index (χ4n) is 1.45. The molecule has 0 unspecified atom stereocenters. The van der Waals surface area contributed by atoms with Crippen LogP contribution in [0.5, 0.6) is 0 Å². The summed E-state index contributed by atoms with van der Waals surface area (Å²) in [5.41, 5.74) is 6.11. The minimum absolute atomic E-state index is 0.0567. The number of nitrogen functional groups attached to an aromatic ring is 1. The number of esters is 1. The standard InChI is InChI=1S/C11H14N6O2/c1-2-6-19-10(18)7-17-11(14-15-16-17)8-4-3-5-9(12)13-8/h3-5H,2,6-7H2,1H3,(H2,12,13). The summed E-state index contributed by atoms with van der Waals surface area (Å²) >= 11 is 0. The molecule has 19 heavy (non-hydrogen) atoms. The highest BCUT2D eigenvalue weighted by Crippen LogP contribution is 2.13. The Kier molecular flexibility index (Phi) is 4.01. The lowest BCUT2D eigenvalue weighted by Gasteiger charge is -2.05. The normalized spacial score (nSPS) is 10.4. The van der Waals surface area contributed by atoms with Crippen LogP contribution in [0.3, 0.4) is 0 Å². The fourth-order valence-corrected chi connectivity index (χ4v) is 1.45. The number of aromatic nitrogens is 5. The highest BCUT2D eigenvalue weighted by molar-refractivity contribution is 5.69. The van der Waals surface area contributed by atoms with Crippen molar-refractivity contribution in [2.24, 2.45) is 0 Å². The largest absolute Gasteiger partial charge is 0.464 e. The minimum atomic E-state index is -0.390. The average molecular weight is 262 g/mol. The fraction of sp³-hybridized carbons (Fsp3) is 0.364. The molecule has 0 amide bonds. The van der Waals surface area contributed by atoms with Crippen LogP contribution in [0.4, 0.5) is 5.82 Å². The first-order chi connectivity index (χ1) is 9.20. The van der Waals surface area contributed by atoms with Gasteiger partial charge in [0.1, 0.15) is 18.1 Å². The second-order valence-electron chi connectivity index (χ2n) is 3.83. The third-order valence-corrected chi connectivity index (χ3v) is 2.28. The van der Waals surface area contributed by atoms with Crippen molar-refractivity contribution in [2.75, 3.05) is 12.3 Å². The van der Waals surface area contributed by atoms with Gasteiger partial charge < -0.3 is 10.5 Å². The summed E-state index contributed by atoms with van der Waals surface area (Å²) < 4.78 is 6.31. The van der Waals surface area contributed by atoms with Gasteiger partial charge in [-0.2, -0.15) is 0 Å². The lowest BCUT2D eigenvalue weighted by atomic mass is 10.3. The van der Waals surface area contributed by atoms with Crippen molar-refractivity contribution < 1.29 is 9.53 Å². The number of hydrogen-bond donors (Lipinski definition) is 1. The van der Waals surface area contributed by atoms with E-state index in [1.807, 2.05) is 6.92 Å². The first kappa shape index (κ1) is 12.9. The monoisotopic (exact) mass is 262 g/mol. The maximum absolute atomic E-state index is 11.5. The van der Waals surface area contributed by atoms with Gasteiger partial charge in [-0.3, -0.25) is 4.79 Å². The molecule has 0 atom stereocenters. The van der Waals surface area contributed by atoms with Gasteiger partial charge in [-0.1, -0.05) is 13.0 Å². The molecule has 0 aliphatic rings. The second-order valence-corrected chi connectivity index (χ2v) is 3.83. The zero-order valence-corrected chi connectivity index (χ0v) is 10.5. The van der Waals surface area contributed by atoms with Gasteiger partial charge in [-0.25, -0.2) is 9.67 Å². The van der Waals surface area contributed by atoms with Gasteiger partial charge >= 0.3 is 5.97 Å². The van der Waals surface area contributed by atoms with E-state index in [1.165, 1.54) is 4.68 Å². The van der Waals surface area contributed by atoms with E-state index < -0.39 is 0 Å². The summed E-state index contributed by atoms with van der Waals surface area (Å²) in [6.07, 6.45) is 0.769. The first-order valence-electron chi connectivity index (χ1n) is 5.85. The third kappa shape index (κ3) is 3.24. The summed E-state index contributed by atoms with van der Waals surface area (Å²) in [6, 6.07) is 5.12. The maximum Gasteiger partial charge on any atom is 0.327 e. The van der Waals surface area contributed by atoms with Crippen LogP contribution in [-0.4, -0.2) is 37.8 Å². The lowest BCUT2D eigenvalue weighted by molar-refractivity contribution is -0.144. The second kappa shape index (κ2) is 5.89. The number of nitrogens with two attached hydrogens (primary N) is 1. The molecule has 0 bridgehead atoms. The first-order valence-corrected chi connectivity index (χ1v) is 5.85. The van der Waals surface area contributed by atoms with Crippen LogP contribution < -0.4 is 5.73 Å². The molecular formula is C11H14N6O2. The predicted octanol–water partition coefficient (Wildman–Crippen LogP) is 0.270. The van der Waals surface area contributed by atoms with Gasteiger partial charge in [0.15, 0.2) is 0 Å². The number of ether oxygens (including phenoxy) is 1. The molecule has 2 aromatic heterocycles. The molecule has 8 heteroatoms. The van der Waals surface area contributed by atoms with Crippen LogP contribution in [-0.2, 0) is 16.1 Å². The van der Waals surface area contributed by atoms with E-state index in [0.29, 0.717) is 23.9 Å². The van der Waals surface area contributed by atoms with E-state index in [1.54, 1.807) is 18.2 Å². The van der Waals surface area contributed by atoms with Crippen molar-refractivity contribution in [1.29, 1.82) is 0 Å². The predicted molar refractivity (Wildman–Crippen MR) is 66.7 cm³/mol. The lowest BCUT2D eigenvalue weighted by Crippen LogP contribution is -2.16. The molecule has 2 heterocycles. The van der Waals surface area contributed by atoms with E-state index in [-0.39, 0.29) is 12.5 Å². The Morgan fingerprint density at radius 2 is 2.32 bits per heavy atom. The summed E-state index contributed by atoms with van der Waals surface area (Å²) in [5, 5.41) is 11.1. The quantitative estimate of drug-likeness (QED) is 0.770. The minimum Gasteiger partial charge on any atom is -0.464 e. The van der Waals surface area contributed by atoms with Crippen LogP contribution in [0.2, 0.25) is 0 Å². The van der Waals surface area contributed by atoms with E-state index in [2.05, 4.69) is 20.5 Å². The summed E-state index contributed by atoms with van der Waals surface area (Å²) in [7, 11) is 0. The molecule has 0 spiro atoms. The van der Waals surface area contributed by atoms with E-state index >= 15 is 0 Å². The van der Waals surface area contributed by atoms with Crippen molar-refractivity contribution in [3.8, 4) is 11.5 Å². The molecule has 2 rings (SSSR count). The average Bonchev–Trinajstić information content (AvgIpc) is 2.84. The van der Waals surface area contributed by atoms with Gasteiger partial charge in [0, 0.05) is 0 Å². The SMILES string of the molecule is CCCOC(=O)Cn1nnnc1-c1cccc(N)n1. The maximum atomic E-state index is 11.5. The van der Waals surface area contributed by atoms with Gasteiger partial charge in [0.05, 0.1) is 6.61 Å². The Morgan fingerprint density at radius 3 is 3.05 bits per heavy atom. The molecular weight excluding hydrogens is 248 g/mol. The highest BCUT2D eigenvalue weighted by Gasteiger charge is 2.14. The molecule has 8 nitrogen and oxygen atoms in total. The van der Waals surface area contributed by atoms with Crippen molar-refractivity contribution in [1.82, 2.24) is 25.2 Å². The molecule has 0 saturated carbocycles. The number of carbonyl (C=O) groups is 1. The molecule has 0 aliphatic carbocycles. The zero-order chi connectivity index (χ0) is 13.7. The molecule has 0 aromatic carbocycles. The molecule has 0 radical (unpaired) electrons. The highest BCUT2D eigenvalue weighted by atomic mass is 16.5. The van der Waals surface area contributed by atoms with Crippen molar-refractivity contribution in [3.63, 3.8) is 0 Å².